The van der Waals surface area contributed by atoms with Gasteiger partial charge in [-0.2, -0.15) is 0 Å². The Balaban J connectivity index is 1.56. The maximum absolute atomic E-state index is 14.0. The van der Waals surface area contributed by atoms with Gasteiger partial charge in [0.05, 0.1) is 36.6 Å². The molecule has 58 heavy (non-hydrogen) atoms. The first-order valence-corrected chi connectivity index (χ1v) is 19.6. The first kappa shape index (κ1) is 44.8. The molecule has 14 heteroatoms. The first-order valence-electron chi connectivity index (χ1n) is 19.6. The molecule has 4 aromatic rings. The topological polar surface area (TPSA) is 189 Å². The highest BCUT2D eigenvalue weighted by molar-refractivity contribution is 5.88. The number of nitrogens with one attached hydrogen (secondary N) is 4. The van der Waals surface area contributed by atoms with Gasteiger partial charge in [-0.3, -0.25) is 19.6 Å². The summed E-state index contributed by atoms with van der Waals surface area (Å²) in [5, 5.41) is 35.5. The summed E-state index contributed by atoms with van der Waals surface area (Å²) in [6.45, 7) is 7.63. The maximum atomic E-state index is 14.0. The van der Waals surface area contributed by atoms with Gasteiger partial charge in [-0.15, -0.1) is 0 Å². The van der Waals surface area contributed by atoms with Crippen molar-refractivity contribution in [2.45, 2.75) is 90.0 Å². The predicted octanol–water partition coefficient (Wildman–Crippen LogP) is 3.69. The monoisotopic (exact) mass is 794 g/mol. The third-order valence-electron chi connectivity index (χ3n) is 9.83. The summed E-state index contributed by atoms with van der Waals surface area (Å²) in [5.41, 5.74) is 2.91. The molecule has 0 aliphatic rings. The molecule has 6 atom stereocenters. The minimum atomic E-state index is -1.59. The summed E-state index contributed by atoms with van der Waals surface area (Å²) in [6, 6.07) is 24.2. The van der Waals surface area contributed by atoms with E-state index in [1.807, 2.05) is 72.8 Å². The smallest absolute Gasteiger partial charge is 0.318 e. The lowest BCUT2D eigenvalue weighted by Gasteiger charge is -2.35. The zero-order valence-corrected chi connectivity index (χ0v) is 34.2. The number of hydrogen-bond donors (Lipinski definition) is 6. The molecule has 0 spiro atoms. The Morgan fingerprint density at radius 2 is 0.879 bits per heavy atom. The van der Waals surface area contributed by atoms with Crippen LogP contribution in [-0.4, -0.2) is 104 Å². The fourth-order valence-electron chi connectivity index (χ4n) is 6.44. The van der Waals surface area contributed by atoms with Gasteiger partial charge in [-0.1, -0.05) is 100 Å². The van der Waals surface area contributed by atoms with E-state index in [0.29, 0.717) is 11.4 Å². The van der Waals surface area contributed by atoms with E-state index in [1.165, 1.54) is 9.80 Å². The van der Waals surface area contributed by atoms with E-state index in [9.17, 15) is 29.4 Å². The quantitative estimate of drug-likeness (QED) is 0.0829. The predicted molar refractivity (Wildman–Crippen MR) is 222 cm³/mol. The largest absolute Gasteiger partial charge is 0.388 e. The summed E-state index contributed by atoms with van der Waals surface area (Å²) in [6.07, 6.45) is 0.347. The van der Waals surface area contributed by atoms with E-state index in [0.717, 1.165) is 11.1 Å². The Hall–Kier alpha value is -5.86. The van der Waals surface area contributed by atoms with Crippen molar-refractivity contribution in [3.63, 3.8) is 0 Å². The molecule has 0 saturated carbocycles. The average Bonchev–Trinajstić information content (AvgIpc) is 3.21. The van der Waals surface area contributed by atoms with Crippen LogP contribution in [0.15, 0.2) is 109 Å². The minimum Gasteiger partial charge on any atom is -0.388 e. The zero-order valence-electron chi connectivity index (χ0n) is 34.2. The second kappa shape index (κ2) is 22.2. The molecule has 0 radical (unpaired) electrons. The van der Waals surface area contributed by atoms with Crippen molar-refractivity contribution in [1.29, 1.82) is 0 Å². The standard InChI is InChI=1S/C44H58N8O6/c1-29(2)37(49-43(57)51(5)27-33-21-13-15-23-45-33)41(55)47-35(25-31-17-9-7-10-18-31)39(53)40(54)36(26-32-19-11-8-12-20-32)48-42(56)38(30(3)4)50-44(58)52(6)28-34-22-14-16-24-46-34/h7-24,29-30,35-40,53-54H,25-28H2,1-6H3,(H,47,55)(H,48,56)(H,49,57)(H,50,58)/t35-,36-,37-,38-,39+,40+/m0/s1. The molecule has 6 amide bonds. The fourth-order valence-corrected chi connectivity index (χ4v) is 6.44. The van der Waals surface area contributed by atoms with Crippen molar-refractivity contribution in [2.24, 2.45) is 11.8 Å². The van der Waals surface area contributed by atoms with Crippen LogP contribution in [0.25, 0.3) is 0 Å². The summed E-state index contributed by atoms with van der Waals surface area (Å²) in [5.74, 6) is -1.79. The van der Waals surface area contributed by atoms with Gasteiger partial charge in [0.2, 0.25) is 11.8 Å². The van der Waals surface area contributed by atoms with Crippen LogP contribution < -0.4 is 21.3 Å². The van der Waals surface area contributed by atoms with Gasteiger partial charge in [-0.25, -0.2) is 9.59 Å². The van der Waals surface area contributed by atoms with Crippen molar-refractivity contribution in [3.8, 4) is 0 Å². The normalized spacial score (nSPS) is 14.3. The summed E-state index contributed by atoms with van der Waals surface area (Å²) >= 11 is 0. The summed E-state index contributed by atoms with van der Waals surface area (Å²) in [4.78, 5) is 66.0. The lowest BCUT2D eigenvalue weighted by Crippen LogP contribution is -2.62. The fraction of sp³-hybridized carbons (Fsp3) is 0.409. The second-order valence-electron chi connectivity index (χ2n) is 15.3. The lowest BCUT2D eigenvalue weighted by molar-refractivity contribution is -0.129. The number of carbonyl (C=O) groups excluding carboxylic acids is 4. The number of urea groups is 2. The molecule has 14 nitrogen and oxygen atoms in total. The van der Waals surface area contributed by atoms with E-state index in [1.54, 1.807) is 78.4 Å². The van der Waals surface area contributed by atoms with Crippen LogP contribution in [0.3, 0.4) is 0 Å². The Bertz CT molecular complexity index is 1730. The number of nitrogens with zero attached hydrogens (tertiary/aromatic N) is 4. The SMILES string of the molecule is CC(C)[C@H](NC(=O)N(C)Cc1ccccn1)C(=O)N[C@@H](Cc1ccccc1)[C@@H](O)[C@H](O)[C@H](Cc1ccccc1)NC(=O)[C@@H](NC(=O)N(C)Cc1ccccn1)C(C)C. The molecule has 0 fully saturated rings. The number of pyridine rings is 2. The van der Waals surface area contributed by atoms with Crippen LogP contribution >= 0.6 is 0 Å². The number of amides is 6. The van der Waals surface area contributed by atoms with Crippen molar-refractivity contribution in [1.82, 2.24) is 41.0 Å². The molecular formula is C44H58N8O6. The van der Waals surface area contributed by atoms with Crippen molar-refractivity contribution >= 4 is 23.9 Å². The first-order chi connectivity index (χ1) is 27.7. The highest BCUT2D eigenvalue weighted by Crippen LogP contribution is 2.17. The number of benzene rings is 2. The Morgan fingerprint density at radius 3 is 1.19 bits per heavy atom. The van der Waals surface area contributed by atoms with E-state index in [-0.39, 0.29) is 37.8 Å². The number of aliphatic hydroxyl groups excluding tert-OH is 2. The van der Waals surface area contributed by atoms with Gasteiger partial charge in [0.15, 0.2) is 0 Å². The molecule has 2 aromatic carbocycles. The van der Waals surface area contributed by atoms with Crippen LogP contribution in [0.5, 0.6) is 0 Å². The number of rotatable bonds is 19. The third kappa shape index (κ3) is 13.7. The average molecular weight is 795 g/mol. The van der Waals surface area contributed by atoms with E-state index >= 15 is 0 Å². The minimum absolute atomic E-state index is 0.127. The van der Waals surface area contributed by atoms with E-state index in [4.69, 9.17) is 0 Å². The number of aliphatic hydroxyl groups is 2. The van der Waals surface area contributed by atoms with Gasteiger partial charge in [0.25, 0.3) is 0 Å². The number of aromatic nitrogens is 2. The molecule has 6 N–H and O–H groups in total. The lowest BCUT2D eigenvalue weighted by atomic mass is 9.90. The van der Waals surface area contributed by atoms with Crippen LogP contribution in [-0.2, 0) is 35.5 Å². The molecule has 2 heterocycles. The maximum Gasteiger partial charge on any atom is 0.318 e. The van der Waals surface area contributed by atoms with Gasteiger partial charge in [0.1, 0.15) is 24.3 Å². The van der Waals surface area contributed by atoms with Crippen molar-refractivity contribution in [2.75, 3.05) is 14.1 Å². The second-order valence-corrected chi connectivity index (χ2v) is 15.3. The van der Waals surface area contributed by atoms with Crippen LogP contribution in [0.1, 0.15) is 50.2 Å². The molecule has 0 bridgehead atoms. The molecule has 2 aromatic heterocycles. The highest BCUT2D eigenvalue weighted by Gasteiger charge is 2.38. The Kier molecular flexibility index (Phi) is 17.1. The molecule has 0 saturated heterocycles. The van der Waals surface area contributed by atoms with Crippen LogP contribution in [0.4, 0.5) is 9.59 Å². The molecule has 4 rings (SSSR count). The van der Waals surface area contributed by atoms with Crippen molar-refractivity contribution < 1.29 is 29.4 Å². The van der Waals surface area contributed by atoms with Gasteiger partial charge in [0, 0.05) is 26.5 Å². The molecule has 0 unspecified atom stereocenters. The molecule has 0 aliphatic carbocycles. The third-order valence-corrected chi connectivity index (χ3v) is 9.83. The van der Waals surface area contributed by atoms with E-state index < -0.39 is 60.3 Å². The van der Waals surface area contributed by atoms with E-state index in [2.05, 4.69) is 31.2 Å². The van der Waals surface area contributed by atoms with Crippen LogP contribution in [0.2, 0.25) is 0 Å². The molecule has 310 valence electrons. The summed E-state index contributed by atoms with van der Waals surface area (Å²) < 4.78 is 0. The van der Waals surface area contributed by atoms with Gasteiger partial charge < -0.3 is 41.3 Å². The zero-order chi connectivity index (χ0) is 42.2. The number of carbonyl (C=O) groups is 4. The Morgan fingerprint density at radius 1 is 0.534 bits per heavy atom. The summed E-state index contributed by atoms with van der Waals surface area (Å²) in [7, 11) is 3.21. The van der Waals surface area contributed by atoms with Crippen LogP contribution in [0, 0.1) is 11.8 Å². The highest BCUT2D eigenvalue weighted by atomic mass is 16.3. The van der Waals surface area contributed by atoms with Gasteiger partial charge in [-0.05, 0) is 60.1 Å². The van der Waals surface area contributed by atoms with Gasteiger partial charge >= 0.3 is 12.1 Å². The molecular weight excluding hydrogens is 737 g/mol. The molecule has 0 aliphatic heterocycles. The number of hydrogen-bond acceptors (Lipinski definition) is 8. The van der Waals surface area contributed by atoms with Crippen molar-refractivity contribution in [3.05, 3.63) is 132 Å². The Labute approximate surface area is 341 Å².